The van der Waals surface area contributed by atoms with E-state index >= 15 is 0 Å². The molecule has 1 heterocycles. The lowest BCUT2D eigenvalue weighted by molar-refractivity contribution is 0.0254. The number of aromatic nitrogens is 2. The standard InChI is InChI=1S/C16H21FN4O2/c1-16(2,23-3)11-19-15(22)18-10-13-8-9-21(20-13)14-6-4-12(17)5-7-14/h4-9H,10-11H2,1-3H3,(H2,18,19,22). The number of halogens is 1. The molecule has 0 aliphatic heterocycles. The molecule has 1 aromatic heterocycles. The molecule has 124 valence electrons. The molecule has 2 aromatic rings. The number of carbonyl (C=O) groups excluding carboxylic acids is 1. The number of benzene rings is 1. The van der Waals surface area contributed by atoms with Gasteiger partial charge < -0.3 is 15.4 Å². The Hall–Kier alpha value is -2.41. The lowest BCUT2D eigenvalue weighted by atomic mass is 10.1. The molecule has 0 aliphatic carbocycles. The van der Waals surface area contributed by atoms with Crippen molar-refractivity contribution in [2.75, 3.05) is 13.7 Å². The minimum Gasteiger partial charge on any atom is -0.377 e. The zero-order chi connectivity index (χ0) is 16.9. The summed E-state index contributed by atoms with van der Waals surface area (Å²) in [5, 5.41) is 9.80. The van der Waals surface area contributed by atoms with Crippen molar-refractivity contribution in [1.29, 1.82) is 0 Å². The van der Waals surface area contributed by atoms with Gasteiger partial charge in [-0.05, 0) is 44.2 Å². The van der Waals surface area contributed by atoms with Crippen molar-refractivity contribution >= 4 is 6.03 Å². The predicted octanol–water partition coefficient (Wildman–Crippen LogP) is 2.24. The zero-order valence-electron chi connectivity index (χ0n) is 13.5. The molecule has 2 amide bonds. The highest BCUT2D eigenvalue weighted by Crippen LogP contribution is 2.09. The van der Waals surface area contributed by atoms with Crippen LogP contribution < -0.4 is 10.6 Å². The molecule has 0 spiro atoms. The molecule has 1 aromatic carbocycles. The van der Waals surface area contributed by atoms with Crippen LogP contribution in [0.2, 0.25) is 0 Å². The maximum atomic E-state index is 12.9. The highest BCUT2D eigenvalue weighted by atomic mass is 19.1. The van der Waals surface area contributed by atoms with Crippen LogP contribution >= 0.6 is 0 Å². The van der Waals surface area contributed by atoms with E-state index in [1.165, 1.54) is 12.1 Å². The zero-order valence-corrected chi connectivity index (χ0v) is 13.5. The summed E-state index contributed by atoms with van der Waals surface area (Å²) < 4.78 is 19.8. The van der Waals surface area contributed by atoms with Gasteiger partial charge in [-0.15, -0.1) is 0 Å². The first-order valence-electron chi connectivity index (χ1n) is 7.27. The molecule has 0 saturated carbocycles. The predicted molar refractivity (Wildman–Crippen MR) is 84.8 cm³/mol. The normalized spacial score (nSPS) is 11.3. The van der Waals surface area contributed by atoms with Gasteiger partial charge in [-0.1, -0.05) is 0 Å². The van der Waals surface area contributed by atoms with Crippen LogP contribution in [0.25, 0.3) is 5.69 Å². The molecule has 0 bridgehead atoms. The lowest BCUT2D eigenvalue weighted by Gasteiger charge is -2.23. The number of amides is 2. The number of hydrogen-bond donors (Lipinski definition) is 2. The average molecular weight is 320 g/mol. The number of hydrogen-bond acceptors (Lipinski definition) is 3. The molecular formula is C16H21FN4O2. The molecule has 0 aliphatic rings. The molecule has 6 nitrogen and oxygen atoms in total. The van der Waals surface area contributed by atoms with E-state index in [0.29, 0.717) is 18.8 Å². The topological polar surface area (TPSA) is 68.2 Å². The lowest BCUT2D eigenvalue weighted by Crippen LogP contribution is -2.44. The molecule has 23 heavy (non-hydrogen) atoms. The highest BCUT2D eigenvalue weighted by Gasteiger charge is 2.17. The molecule has 2 rings (SSSR count). The van der Waals surface area contributed by atoms with Gasteiger partial charge in [-0.2, -0.15) is 5.10 Å². The first-order valence-corrected chi connectivity index (χ1v) is 7.27. The Kier molecular flexibility index (Phi) is 5.33. The van der Waals surface area contributed by atoms with Crippen LogP contribution in [0.4, 0.5) is 9.18 Å². The van der Waals surface area contributed by atoms with Crippen LogP contribution in [0.15, 0.2) is 36.5 Å². The second-order valence-electron chi connectivity index (χ2n) is 5.73. The van der Waals surface area contributed by atoms with Crippen LogP contribution in [0, 0.1) is 5.82 Å². The fraction of sp³-hybridized carbons (Fsp3) is 0.375. The van der Waals surface area contributed by atoms with Gasteiger partial charge in [0.05, 0.1) is 23.5 Å². The minimum absolute atomic E-state index is 0.286. The first-order chi connectivity index (χ1) is 10.9. The Balaban J connectivity index is 1.85. The monoisotopic (exact) mass is 320 g/mol. The molecular weight excluding hydrogens is 299 g/mol. The average Bonchev–Trinajstić information content (AvgIpc) is 3.01. The number of ether oxygens (including phenoxy) is 1. The van der Waals surface area contributed by atoms with Gasteiger partial charge in [-0.3, -0.25) is 0 Å². The molecule has 0 unspecified atom stereocenters. The van der Waals surface area contributed by atoms with Gasteiger partial charge in [0.15, 0.2) is 0 Å². The number of nitrogens with one attached hydrogen (secondary N) is 2. The largest absolute Gasteiger partial charge is 0.377 e. The van der Waals surface area contributed by atoms with Gasteiger partial charge in [-0.25, -0.2) is 13.9 Å². The molecule has 0 fully saturated rings. The maximum Gasteiger partial charge on any atom is 0.315 e. The van der Waals surface area contributed by atoms with E-state index in [9.17, 15) is 9.18 Å². The van der Waals surface area contributed by atoms with E-state index in [4.69, 9.17) is 4.74 Å². The second-order valence-corrected chi connectivity index (χ2v) is 5.73. The molecule has 0 saturated heterocycles. The summed E-state index contributed by atoms with van der Waals surface area (Å²) in [6, 6.07) is 7.53. The Bertz CT molecular complexity index is 652. The fourth-order valence-corrected chi connectivity index (χ4v) is 1.79. The summed E-state index contributed by atoms with van der Waals surface area (Å²) in [6.45, 7) is 4.47. The van der Waals surface area contributed by atoms with Crippen LogP contribution in [0.5, 0.6) is 0 Å². The van der Waals surface area contributed by atoms with Crippen LogP contribution in [0.1, 0.15) is 19.5 Å². The van der Waals surface area contributed by atoms with Crippen LogP contribution in [-0.2, 0) is 11.3 Å². The first kappa shape index (κ1) is 17.0. The van der Waals surface area contributed by atoms with Crippen molar-refractivity contribution in [2.24, 2.45) is 0 Å². The summed E-state index contributed by atoms with van der Waals surface area (Å²) in [4.78, 5) is 11.7. The van der Waals surface area contributed by atoms with E-state index < -0.39 is 5.60 Å². The Morgan fingerprint density at radius 2 is 1.96 bits per heavy atom. The van der Waals surface area contributed by atoms with E-state index in [-0.39, 0.29) is 11.8 Å². The van der Waals surface area contributed by atoms with Gasteiger partial charge in [0.1, 0.15) is 5.82 Å². The Labute approximate surface area is 134 Å². The molecule has 2 N–H and O–H groups in total. The van der Waals surface area contributed by atoms with Gasteiger partial charge >= 0.3 is 6.03 Å². The van der Waals surface area contributed by atoms with E-state index in [1.54, 1.807) is 36.2 Å². The molecule has 0 radical (unpaired) electrons. The van der Waals surface area contributed by atoms with Gasteiger partial charge in [0, 0.05) is 19.9 Å². The number of nitrogens with zero attached hydrogens (tertiary/aromatic N) is 2. The summed E-state index contributed by atoms with van der Waals surface area (Å²) >= 11 is 0. The number of methoxy groups -OCH3 is 1. The molecule has 0 atom stereocenters. The number of urea groups is 1. The third kappa shape index (κ3) is 5.07. The maximum absolute atomic E-state index is 12.9. The Morgan fingerprint density at radius 3 is 2.61 bits per heavy atom. The minimum atomic E-state index is -0.415. The summed E-state index contributed by atoms with van der Waals surface area (Å²) in [6.07, 6.45) is 1.76. The van der Waals surface area contributed by atoms with E-state index in [0.717, 1.165) is 5.69 Å². The number of rotatable bonds is 6. The highest BCUT2D eigenvalue weighted by molar-refractivity contribution is 5.73. The van der Waals surface area contributed by atoms with Crippen LogP contribution in [0.3, 0.4) is 0 Å². The van der Waals surface area contributed by atoms with Crippen molar-refractivity contribution in [2.45, 2.75) is 26.0 Å². The molecule has 7 heteroatoms. The van der Waals surface area contributed by atoms with E-state index in [1.807, 2.05) is 13.8 Å². The van der Waals surface area contributed by atoms with Crippen molar-refractivity contribution in [3.8, 4) is 5.69 Å². The van der Waals surface area contributed by atoms with Crippen LogP contribution in [-0.4, -0.2) is 35.1 Å². The van der Waals surface area contributed by atoms with E-state index in [2.05, 4.69) is 15.7 Å². The third-order valence-electron chi connectivity index (χ3n) is 3.39. The second kappa shape index (κ2) is 7.23. The van der Waals surface area contributed by atoms with Crippen molar-refractivity contribution in [3.63, 3.8) is 0 Å². The summed E-state index contributed by atoms with van der Waals surface area (Å²) in [5.41, 5.74) is 1.04. The Morgan fingerprint density at radius 1 is 1.26 bits per heavy atom. The van der Waals surface area contributed by atoms with Crippen molar-refractivity contribution in [1.82, 2.24) is 20.4 Å². The number of carbonyl (C=O) groups is 1. The van der Waals surface area contributed by atoms with Crippen molar-refractivity contribution < 1.29 is 13.9 Å². The van der Waals surface area contributed by atoms with Gasteiger partial charge in [0.25, 0.3) is 0 Å². The third-order valence-corrected chi connectivity index (χ3v) is 3.39. The summed E-state index contributed by atoms with van der Waals surface area (Å²) in [7, 11) is 1.60. The quantitative estimate of drug-likeness (QED) is 0.858. The van der Waals surface area contributed by atoms with Crippen molar-refractivity contribution in [3.05, 3.63) is 48.0 Å². The fourth-order valence-electron chi connectivity index (χ4n) is 1.79. The SMILES string of the molecule is COC(C)(C)CNC(=O)NCc1ccn(-c2ccc(F)cc2)n1. The van der Waals surface area contributed by atoms with Gasteiger partial charge in [0.2, 0.25) is 0 Å². The summed E-state index contributed by atoms with van der Waals surface area (Å²) in [5.74, 6) is -0.293. The smallest absolute Gasteiger partial charge is 0.315 e.